The number of amides is 2. The zero-order valence-corrected chi connectivity index (χ0v) is 18.7. The molecule has 0 radical (unpaired) electrons. The molecule has 0 bridgehead atoms. The van der Waals surface area contributed by atoms with Gasteiger partial charge in [-0.15, -0.1) is 0 Å². The quantitative estimate of drug-likeness (QED) is 0.672. The van der Waals surface area contributed by atoms with Gasteiger partial charge in [-0.1, -0.05) is 48.6 Å². The van der Waals surface area contributed by atoms with Crippen LogP contribution in [0.15, 0.2) is 54.6 Å². The van der Waals surface area contributed by atoms with Gasteiger partial charge in [0.05, 0.1) is 5.69 Å². The Labute approximate surface area is 190 Å². The van der Waals surface area contributed by atoms with Crippen LogP contribution in [-0.4, -0.2) is 67.5 Å². The van der Waals surface area contributed by atoms with Gasteiger partial charge in [0.15, 0.2) is 6.61 Å². The van der Waals surface area contributed by atoms with Gasteiger partial charge in [0.25, 0.3) is 5.91 Å². The van der Waals surface area contributed by atoms with Gasteiger partial charge in [-0.05, 0) is 36.6 Å². The zero-order valence-electron chi connectivity index (χ0n) is 18.7. The van der Waals surface area contributed by atoms with Crippen LogP contribution in [-0.2, 0) is 9.59 Å². The molecule has 0 aromatic heterocycles. The largest absolute Gasteiger partial charge is 0.482 e. The van der Waals surface area contributed by atoms with Gasteiger partial charge in [-0.25, -0.2) is 0 Å². The molecule has 2 aliphatic heterocycles. The number of fused-ring (bicyclic) bond motifs is 1. The predicted molar refractivity (Wildman–Crippen MR) is 127 cm³/mol. The van der Waals surface area contributed by atoms with Crippen molar-refractivity contribution in [2.45, 2.75) is 19.8 Å². The van der Waals surface area contributed by atoms with E-state index >= 15 is 0 Å². The molecule has 2 aromatic carbocycles. The van der Waals surface area contributed by atoms with Crippen LogP contribution in [0.5, 0.6) is 5.75 Å². The smallest absolute Gasteiger partial charge is 0.265 e. The predicted octanol–water partition coefficient (Wildman–Crippen LogP) is 3.36. The van der Waals surface area contributed by atoms with Crippen molar-refractivity contribution in [3.8, 4) is 5.75 Å². The Morgan fingerprint density at radius 1 is 1.06 bits per heavy atom. The number of aryl methyl sites for hydroxylation is 1. The summed E-state index contributed by atoms with van der Waals surface area (Å²) in [5, 5.41) is 0. The molecule has 0 saturated carbocycles. The van der Waals surface area contributed by atoms with E-state index in [1.807, 2.05) is 48.2 Å². The van der Waals surface area contributed by atoms with Crippen LogP contribution in [0.1, 0.15) is 24.0 Å². The first-order valence-corrected chi connectivity index (χ1v) is 11.4. The number of nitrogens with zero attached hydrogens (tertiary/aromatic N) is 3. The van der Waals surface area contributed by atoms with E-state index in [0.29, 0.717) is 19.4 Å². The van der Waals surface area contributed by atoms with E-state index in [4.69, 9.17) is 4.74 Å². The summed E-state index contributed by atoms with van der Waals surface area (Å²) in [6, 6.07) is 16.1. The molecule has 1 fully saturated rings. The fourth-order valence-corrected chi connectivity index (χ4v) is 4.19. The minimum absolute atomic E-state index is 0.0500. The van der Waals surface area contributed by atoms with Crippen molar-refractivity contribution in [2.75, 3.05) is 50.8 Å². The molecule has 6 nitrogen and oxygen atoms in total. The lowest BCUT2D eigenvalue weighted by atomic mass is 10.1. The average Bonchev–Trinajstić information content (AvgIpc) is 2.81. The highest BCUT2D eigenvalue weighted by atomic mass is 16.5. The molecular weight excluding hydrogens is 402 g/mol. The summed E-state index contributed by atoms with van der Waals surface area (Å²) >= 11 is 0. The maximum atomic E-state index is 12.7. The van der Waals surface area contributed by atoms with Crippen molar-refractivity contribution in [1.82, 2.24) is 9.80 Å². The van der Waals surface area contributed by atoms with Gasteiger partial charge in [-0.3, -0.25) is 14.5 Å². The topological polar surface area (TPSA) is 53.1 Å². The van der Waals surface area contributed by atoms with Crippen LogP contribution >= 0.6 is 0 Å². The molecule has 0 N–H and O–H groups in total. The van der Waals surface area contributed by atoms with E-state index in [1.54, 1.807) is 4.90 Å². The van der Waals surface area contributed by atoms with E-state index in [-0.39, 0.29) is 18.4 Å². The summed E-state index contributed by atoms with van der Waals surface area (Å²) < 4.78 is 5.56. The van der Waals surface area contributed by atoms with Gasteiger partial charge in [0, 0.05) is 45.7 Å². The van der Waals surface area contributed by atoms with Gasteiger partial charge in [0.2, 0.25) is 5.91 Å². The molecule has 2 amide bonds. The summed E-state index contributed by atoms with van der Waals surface area (Å²) in [5.41, 5.74) is 3.11. The lowest BCUT2D eigenvalue weighted by Gasteiger charge is -2.34. The summed E-state index contributed by atoms with van der Waals surface area (Å²) in [5.74, 6) is 0.869. The molecule has 1 saturated heterocycles. The van der Waals surface area contributed by atoms with E-state index < -0.39 is 0 Å². The van der Waals surface area contributed by atoms with Crippen molar-refractivity contribution in [3.63, 3.8) is 0 Å². The standard InChI is InChI=1S/C26H31N3O3/c1-21-11-12-23-24(19-21)32-20-26(31)29(23)14-6-10-25(30)28-17-15-27(16-18-28)13-5-9-22-7-3-2-4-8-22/h2-5,7-9,11-12,19H,6,10,13-18,20H2,1H3/b9-5+. The lowest BCUT2D eigenvalue weighted by Crippen LogP contribution is -2.48. The highest BCUT2D eigenvalue weighted by molar-refractivity contribution is 5.97. The van der Waals surface area contributed by atoms with Crippen LogP contribution in [0.25, 0.3) is 6.08 Å². The molecule has 2 aliphatic rings. The monoisotopic (exact) mass is 433 g/mol. The molecule has 168 valence electrons. The Balaban J connectivity index is 1.20. The molecule has 32 heavy (non-hydrogen) atoms. The van der Waals surface area contributed by atoms with Crippen molar-refractivity contribution >= 4 is 23.6 Å². The molecule has 0 aliphatic carbocycles. The normalized spacial score (nSPS) is 16.8. The van der Waals surface area contributed by atoms with Crippen LogP contribution in [0, 0.1) is 6.92 Å². The average molecular weight is 434 g/mol. The zero-order chi connectivity index (χ0) is 22.3. The third kappa shape index (κ3) is 5.56. The SMILES string of the molecule is Cc1ccc2c(c1)OCC(=O)N2CCCC(=O)N1CCN(C/C=C/c2ccccc2)CC1. The van der Waals surface area contributed by atoms with Crippen LogP contribution in [0.3, 0.4) is 0 Å². The third-order valence-electron chi connectivity index (χ3n) is 6.03. The highest BCUT2D eigenvalue weighted by Crippen LogP contribution is 2.33. The van der Waals surface area contributed by atoms with Crippen molar-refractivity contribution in [3.05, 3.63) is 65.7 Å². The number of carbonyl (C=O) groups is 2. The number of carbonyl (C=O) groups excluding carboxylic acids is 2. The number of anilines is 1. The number of hydrogen-bond donors (Lipinski definition) is 0. The fraction of sp³-hybridized carbons (Fsp3) is 0.385. The maximum Gasteiger partial charge on any atom is 0.265 e. The Hall–Kier alpha value is -3.12. The lowest BCUT2D eigenvalue weighted by molar-refractivity contribution is -0.133. The minimum atomic E-state index is -0.0500. The van der Waals surface area contributed by atoms with E-state index in [9.17, 15) is 9.59 Å². The number of ether oxygens (including phenoxy) is 1. The molecule has 0 atom stereocenters. The molecular formula is C26H31N3O3. The maximum absolute atomic E-state index is 12.7. The third-order valence-corrected chi connectivity index (χ3v) is 6.03. The second-order valence-corrected chi connectivity index (χ2v) is 8.40. The number of piperazine rings is 1. The Morgan fingerprint density at radius 3 is 2.62 bits per heavy atom. The Bertz CT molecular complexity index is 966. The van der Waals surface area contributed by atoms with E-state index in [1.165, 1.54) is 5.56 Å². The molecule has 2 heterocycles. The van der Waals surface area contributed by atoms with Crippen LogP contribution in [0.2, 0.25) is 0 Å². The van der Waals surface area contributed by atoms with Crippen molar-refractivity contribution in [2.24, 2.45) is 0 Å². The van der Waals surface area contributed by atoms with Crippen LogP contribution in [0.4, 0.5) is 5.69 Å². The summed E-state index contributed by atoms with van der Waals surface area (Å²) in [6.45, 7) is 6.79. The van der Waals surface area contributed by atoms with Crippen molar-refractivity contribution in [1.29, 1.82) is 0 Å². The summed E-state index contributed by atoms with van der Waals surface area (Å²) in [7, 11) is 0. The fourth-order valence-electron chi connectivity index (χ4n) is 4.19. The molecule has 0 unspecified atom stereocenters. The van der Waals surface area contributed by atoms with Gasteiger partial charge in [0.1, 0.15) is 5.75 Å². The first kappa shape index (κ1) is 22.1. The minimum Gasteiger partial charge on any atom is -0.482 e. The molecule has 6 heteroatoms. The van der Waals surface area contributed by atoms with Gasteiger partial charge in [-0.2, -0.15) is 0 Å². The second-order valence-electron chi connectivity index (χ2n) is 8.40. The highest BCUT2D eigenvalue weighted by Gasteiger charge is 2.26. The number of hydrogen-bond acceptors (Lipinski definition) is 4. The summed E-state index contributed by atoms with van der Waals surface area (Å²) in [4.78, 5) is 31.1. The van der Waals surface area contributed by atoms with E-state index in [0.717, 1.165) is 49.7 Å². The van der Waals surface area contributed by atoms with Crippen LogP contribution < -0.4 is 9.64 Å². The summed E-state index contributed by atoms with van der Waals surface area (Å²) in [6.07, 6.45) is 5.44. The first-order valence-electron chi connectivity index (χ1n) is 11.4. The Morgan fingerprint density at radius 2 is 1.84 bits per heavy atom. The number of rotatable bonds is 7. The molecule has 4 rings (SSSR count). The van der Waals surface area contributed by atoms with Gasteiger partial charge >= 0.3 is 0 Å². The van der Waals surface area contributed by atoms with E-state index in [2.05, 4.69) is 29.2 Å². The molecule has 2 aromatic rings. The van der Waals surface area contributed by atoms with Gasteiger partial charge < -0.3 is 14.5 Å². The molecule has 0 spiro atoms. The van der Waals surface area contributed by atoms with Crippen molar-refractivity contribution < 1.29 is 14.3 Å². The first-order chi connectivity index (χ1) is 15.6. The second kappa shape index (κ2) is 10.5. The Kier molecular flexibility index (Phi) is 7.22. The number of benzene rings is 2.